The van der Waals surface area contributed by atoms with Gasteiger partial charge in [0.2, 0.25) is 10.0 Å². The van der Waals surface area contributed by atoms with Crippen LogP contribution in [0.15, 0.2) is 125 Å². The third kappa shape index (κ3) is 5.11. The molecule has 10 nitrogen and oxygen atoms in total. The standard InChI is InChI=1S/C34H27N5O5S/c40-34-30-13-7-6-12-29(30)33(25-9-2-1-3-10-25)35-38(34)32-23-27(15-17-31(32)39(41)42)36-18-20-37(21-19-36)45(43,44)28-16-14-24-8-4-5-11-26(24)22-28/h1-17,22-23H,18-21H2. The van der Waals surface area contributed by atoms with Gasteiger partial charge in [0.05, 0.1) is 20.9 Å². The summed E-state index contributed by atoms with van der Waals surface area (Å²) in [5.41, 5.74) is 1.22. The lowest BCUT2D eigenvalue weighted by Crippen LogP contribution is -2.48. The van der Waals surface area contributed by atoms with Crippen LogP contribution in [0, 0.1) is 10.1 Å². The predicted octanol–water partition coefficient (Wildman–Crippen LogP) is 5.63. The minimum atomic E-state index is -3.72. The number of anilines is 1. The molecule has 2 heterocycles. The number of nitrogens with zero attached hydrogens (tertiary/aromatic N) is 5. The van der Waals surface area contributed by atoms with E-state index in [9.17, 15) is 23.3 Å². The molecule has 7 rings (SSSR count). The second kappa shape index (κ2) is 11.3. The number of sulfonamides is 1. The summed E-state index contributed by atoms with van der Waals surface area (Å²) in [5.74, 6) is 0. The Morgan fingerprint density at radius 1 is 0.711 bits per heavy atom. The third-order valence-electron chi connectivity index (χ3n) is 8.20. The van der Waals surface area contributed by atoms with E-state index in [2.05, 4.69) is 5.10 Å². The van der Waals surface area contributed by atoms with Gasteiger partial charge in [-0.15, -0.1) is 0 Å². The van der Waals surface area contributed by atoms with E-state index in [0.717, 1.165) is 21.0 Å². The number of benzene rings is 5. The molecule has 0 unspecified atom stereocenters. The zero-order valence-corrected chi connectivity index (χ0v) is 24.8. The Bertz CT molecular complexity index is 2260. The average molecular weight is 618 g/mol. The van der Waals surface area contributed by atoms with Crippen molar-refractivity contribution in [3.8, 4) is 16.9 Å². The fourth-order valence-electron chi connectivity index (χ4n) is 5.86. The summed E-state index contributed by atoms with van der Waals surface area (Å²) >= 11 is 0. The van der Waals surface area contributed by atoms with Crippen LogP contribution in [0.2, 0.25) is 0 Å². The molecule has 0 aliphatic carbocycles. The molecule has 5 aromatic carbocycles. The molecule has 1 aromatic heterocycles. The van der Waals surface area contributed by atoms with E-state index in [4.69, 9.17) is 0 Å². The number of hydrogen-bond acceptors (Lipinski definition) is 7. The molecular weight excluding hydrogens is 590 g/mol. The second-order valence-corrected chi connectivity index (χ2v) is 12.7. The van der Waals surface area contributed by atoms with Gasteiger partial charge in [-0.3, -0.25) is 14.9 Å². The Morgan fingerprint density at radius 3 is 2.11 bits per heavy atom. The van der Waals surface area contributed by atoms with Gasteiger partial charge in [-0.05, 0) is 41.1 Å². The Hall–Kier alpha value is -5.39. The summed E-state index contributed by atoms with van der Waals surface area (Å²) in [6.45, 7) is 1.18. The monoisotopic (exact) mass is 617 g/mol. The maximum absolute atomic E-state index is 13.7. The summed E-state index contributed by atoms with van der Waals surface area (Å²) in [7, 11) is -3.72. The van der Waals surface area contributed by atoms with E-state index >= 15 is 0 Å². The van der Waals surface area contributed by atoms with Crippen LogP contribution in [0.25, 0.3) is 38.5 Å². The smallest absolute Gasteiger partial charge is 0.295 e. The Kier molecular flexibility index (Phi) is 7.11. The van der Waals surface area contributed by atoms with E-state index in [-0.39, 0.29) is 29.4 Å². The summed E-state index contributed by atoms with van der Waals surface area (Å²) < 4.78 is 29.6. The van der Waals surface area contributed by atoms with Gasteiger partial charge in [0, 0.05) is 48.9 Å². The molecule has 0 N–H and O–H groups in total. The molecule has 11 heteroatoms. The molecule has 0 bridgehead atoms. The molecule has 0 amide bonds. The Balaban J connectivity index is 1.23. The number of aromatic nitrogens is 2. The summed E-state index contributed by atoms with van der Waals surface area (Å²) in [6.07, 6.45) is 0. The maximum Gasteiger partial charge on any atom is 0.295 e. The number of piperazine rings is 1. The third-order valence-corrected chi connectivity index (χ3v) is 10.1. The fourth-order valence-corrected chi connectivity index (χ4v) is 7.32. The van der Waals surface area contributed by atoms with E-state index in [1.165, 1.54) is 10.4 Å². The summed E-state index contributed by atoms with van der Waals surface area (Å²) in [5, 5.41) is 19.7. The second-order valence-electron chi connectivity index (χ2n) is 10.8. The minimum absolute atomic E-state index is 0.0386. The van der Waals surface area contributed by atoms with Crippen molar-refractivity contribution >= 4 is 42.9 Å². The topological polar surface area (TPSA) is 119 Å². The van der Waals surface area contributed by atoms with Crippen molar-refractivity contribution < 1.29 is 13.3 Å². The van der Waals surface area contributed by atoms with E-state index in [1.54, 1.807) is 36.4 Å². The van der Waals surface area contributed by atoms with E-state index < -0.39 is 20.5 Å². The number of fused-ring (bicyclic) bond motifs is 2. The fraction of sp³-hybridized carbons (Fsp3) is 0.118. The predicted molar refractivity (Wildman–Crippen MR) is 174 cm³/mol. The highest BCUT2D eigenvalue weighted by molar-refractivity contribution is 7.89. The molecule has 1 aliphatic heterocycles. The van der Waals surface area contributed by atoms with Crippen LogP contribution >= 0.6 is 0 Å². The van der Waals surface area contributed by atoms with Crippen LogP contribution in [0.4, 0.5) is 11.4 Å². The van der Waals surface area contributed by atoms with Crippen molar-refractivity contribution in [1.82, 2.24) is 14.1 Å². The molecule has 0 atom stereocenters. The molecule has 0 spiro atoms. The highest BCUT2D eigenvalue weighted by Gasteiger charge is 2.30. The van der Waals surface area contributed by atoms with Gasteiger partial charge in [-0.25, -0.2) is 8.42 Å². The van der Waals surface area contributed by atoms with Crippen molar-refractivity contribution in [3.63, 3.8) is 0 Å². The van der Waals surface area contributed by atoms with E-state index in [1.807, 2.05) is 77.7 Å². The maximum atomic E-state index is 13.7. The number of rotatable bonds is 6. The first-order valence-corrected chi connectivity index (χ1v) is 15.9. The normalized spacial score (nSPS) is 14.2. The van der Waals surface area contributed by atoms with Crippen LogP contribution in [-0.2, 0) is 10.0 Å². The Labute approximate surface area is 258 Å². The van der Waals surface area contributed by atoms with Gasteiger partial charge < -0.3 is 4.90 Å². The molecule has 0 radical (unpaired) electrons. The van der Waals surface area contributed by atoms with Gasteiger partial charge in [-0.2, -0.15) is 14.1 Å². The van der Waals surface area contributed by atoms with Crippen molar-refractivity contribution in [2.24, 2.45) is 0 Å². The lowest BCUT2D eigenvalue weighted by atomic mass is 10.1. The largest absolute Gasteiger partial charge is 0.369 e. The number of hydrogen-bond donors (Lipinski definition) is 0. The first-order valence-electron chi connectivity index (χ1n) is 14.4. The van der Waals surface area contributed by atoms with Crippen LogP contribution < -0.4 is 10.5 Å². The molecule has 1 aliphatic rings. The van der Waals surface area contributed by atoms with Crippen LogP contribution in [0.3, 0.4) is 0 Å². The van der Waals surface area contributed by atoms with Crippen molar-refractivity contribution in [3.05, 3.63) is 136 Å². The Morgan fingerprint density at radius 2 is 1.38 bits per heavy atom. The van der Waals surface area contributed by atoms with Crippen LogP contribution in [0.5, 0.6) is 0 Å². The highest BCUT2D eigenvalue weighted by Crippen LogP contribution is 2.31. The van der Waals surface area contributed by atoms with Crippen LogP contribution in [0.1, 0.15) is 0 Å². The molecule has 1 saturated heterocycles. The van der Waals surface area contributed by atoms with Gasteiger partial charge in [-0.1, -0.05) is 78.9 Å². The molecule has 6 aromatic rings. The van der Waals surface area contributed by atoms with Crippen molar-refractivity contribution in [2.45, 2.75) is 4.90 Å². The van der Waals surface area contributed by atoms with Crippen molar-refractivity contribution in [1.29, 1.82) is 0 Å². The number of nitro benzene ring substituents is 1. The summed E-state index contributed by atoms with van der Waals surface area (Å²) in [6, 6.07) is 33.7. The van der Waals surface area contributed by atoms with E-state index in [0.29, 0.717) is 35.2 Å². The zero-order chi connectivity index (χ0) is 31.1. The summed E-state index contributed by atoms with van der Waals surface area (Å²) in [4.78, 5) is 27.6. The van der Waals surface area contributed by atoms with Gasteiger partial charge >= 0.3 is 0 Å². The van der Waals surface area contributed by atoms with Crippen LogP contribution in [-0.4, -0.2) is 53.6 Å². The number of nitro groups is 1. The zero-order valence-electron chi connectivity index (χ0n) is 24.0. The average Bonchev–Trinajstić information content (AvgIpc) is 3.08. The molecule has 0 saturated carbocycles. The molecule has 224 valence electrons. The lowest BCUT2D eigenvalue weighted by Gasteiger charge is -2.35. The lowest BCUT2D eigenvalue weighted by molar-refractivity contribution is -0.384. The quantitative estimate of drug-likeness (QED) is 0.176. The minimum Gasteiger partial charge on any atom is -0.369 e. The first kappa shape index (κ1) is 28.4. The van der Waals surface area contributed by atoms with Gasteiger partial charge in [0.1, 0.15) is 5.69 Å². The highest BCUT2D eigenvalue weighted by atomic mass is 32.2. The molecule has 1 fully saturated rings. The first-order chi connectivity index (χ1) is 21.8. The van der Waals surface area contributed by atoms with Gasteiger partial charge in [0.25, 0.3) is 11.2 Å². The SMILES string of the molecule is O=c1c2ccccc2c(-c2ccccc2)nn1-c1cc(N2CCN(S(=O)(=O)c3ccc4ccccc4c3)CC2)ccc1[N+](=O)[O-]. The molecular formula is C34H27N5O5S. The van der Waals surface area contributed by atoms with Crippen molar-refractivity contribution in [2.75, 3.05) is 31.1 Å². The van der Waals surface area contributed by atoms with Gasteiger partial charge in [0.15, 0.2) is 0 Å². The molecule has 45 heavy (non-hydrogen) atoms.